The van der Waals surface area contributed by atoms with Gasteiger partial charge in [0.1, 0.15) is 12.1 Å². The lowest BCUT2D eigenvalue weighted by Gasteiger charge is -2.39. The Bertz CT molecular complexity index is 437. The van der Waals surface area contributed by atoms with E-state index in [1.807, 2.05) is 11.8 Å². The zero-order valence-corrected chi connectivity index (χ0v) is 12.5. The number of piperazine rings is 1. The van der Waals surface area contributed by atoms with Crippen molar-refractivity contribution < 1.29 is 9.59 Å². The number of nitrogens with zero attached hydrogens (tertiary/aromatic N) is 1. The lowest BCUT2D eigenvalue weighted by molar-refractivity contribution is -0.150. The summed E-state index contributed by atoms with van der Waals surface area (Å²) in [6.07, 6.45) is 2.13. The zero-order chi connectivity index (χ0) is 14.2. The standard InChI is InChI=1S/C15H24N2O2/c1-8-11(18)16-10(9-6-7-9)12(19)17(8)13-14(2,3)15(13,4)5/h8-10,13H,6-7H2,1-5H3,(H,16,18). The molecule has 0 spiro atoms. The first-order valence-corrected chi connectivity index (χ1v) is 7.32. The number of rotatable bonds is 2. The maximum absolute atomic E-state index is 12.7. The van der Waals surface area contributed by atoms with Crippen molar-refractivity contribution in [3.8, 4) is 0 Å². The van der Waals surface area contributed by atoms with Crippen LogP contribution < -0.4 is 5.32 Å². The average Bonchev–Trinajstić information content (AvgIpc) is 3.18. The second-order valence-corrected chi connectivity index (χ2v) is 7.59. The molecule has 3 aliphatic rings. The monoisotopic (exact) mass is 264 g/mol. The third-order valence-corrected chi connectivity index (χ3v) is 5.93. The predicted octanol–water partition coefficient (Wildman–Crippen LogP) is 1.55. The highest BCUT2D eigenvalue weighted by Gasteiger charge is 2.70. The molecule has 2 amide bonds. The van der Waals surface area contributed by atoms with E-state index >= 15 is 0 Å². The third kappa shape index (κ3) is 1.58. The van der Waals surface area contributed by atoms with Crippen molar-refractivity contribution in [3.05, 3.63) is 0 Å². The van der Waals surface area contributed by atoms with Crippen LogP contribution in [-0.4, -0.2) is 34.8 Å². The van der Waals surface area contributed by atoms with Crippen LogP contribution in [0.25, 0.3) is 0 Å². The molecule has 2 saturated carbocycles. The van der Waals surface area contributed by atoms with Gasteiger partial charge in [0.25, 0.3) is 0 Å². The van der Waals surface area contributed by atoms with Crippen LogP contribution in [0.4, 0.5) is 0 Å². The second kappa shape index (κ2) is 3.53. The van der Waals surface area contributed by atoms with Gasteiger partial charge in [0, 0.05) is 6.04 Å². The van der Waals surface area contributed by atoms with Gasteiger partial charge in [-0.15, -0.1) is 0 Å². The molecule has 1 N–H and O–H groups in total. The van der Waals surface area contributed by atoms with E-state index in [9.17, 15) is 9.59 Å². The van der Waals surface area contributed by atoms with Crippen LogP contribution in [0.1, 0.15) is 47.5 Å². The quantitative estimate of drug-likeness (QED) is 0.822. The predicted molar refractivity (Wildman–Crippen MR) is 72.3 cm³/mol. The minimum absolute atomic E-state index is 0.00926. The molecule has 2 unspecified atom stereocenters. The van der Waals surface area contributed by atoms with E-state index in [2.05, 4.69) is 33.0 Å². The number of carbonyl (C=O) groups is 2. The molecule has 1 aliphatic heterocycles. The molecule has 1 heterocycles. The zero-order valence-electron chi connectivity index (χ0n) is 12.5. The van der Waals surface area contributed by atoms with Gasteiger partial charge >= 0.3 is 0 Å². The Morgan fingerprint density at radius 3 is 2.05 bits per heavy atom. The Morgan fingerprint density at radius 1 is 1.11 bits per heavy atom. The molecule has 2 atom stereocenters. The van der Waals surface area contributed by atoms with E-state index in [0.29, 0.717) is 5.92 Å². The Balaban J connectivity index is 1.90. The SMILES string of the molecule is CC1C(=O)NC(C2CC2)C(=O)N1C1C(C)(C)C1(C)C. The molecule has 0 aromatic rings. The lowest BCUT2D eigenvalue weighted by Crippen LogP contribution is -2.64. The summed E-state index contributed by atoms with van der Waals surface area (Å²) >= 11 is 0. The van der Waals surface area contributed by atoms with Crippen molar-refractivity contribution in [2.75, 3.05) is 0 Å². The second-order valence-electron chi connectivity index (χ2n) is 7.59. The molecular weight excluding hydrogens is 240 g/mol. The molecule has 0 aromatic heterocycles. The van der Waals surface area contributed by atoms with E-state index < -0.39 is 0 Å². The highest BCUT2D eigenvalue weighted by Crippen LogP contribution is 2.66. The summed E-state index contributed by atoms with van der Waals surface area (Å²) < 4.78 is 0. The minimum atomic E-state index is -0.339. The van der Waals surface area contributed by atoms with E-state index in [-0.39, 0.29) is 40.8 Å². The Kier molecular flexibility index (Phi) is 2.40. The third-order valence-electron chi connectivity index (χ3n) is 5.93. The molecule has 4 nitrogen and oxygen atoms in total. The molecule has 4 heteroatoms. The largest absolute Gasteiger partial charge is 0.342 e. The van der Waals surface area contributed by atoms with Gasteiger partial charge in [-0.2, -0.15) is 0 Å². The number of hydrogen-bond acceptors (Lipinski definition) is 2. The molecule has 0 aromatic carbocycles. The Hall–Kier alpha value is -1.06. The minimum Gasteiger partial charge on any atom is -0.342 e. The molecule has 1 saturated heterocycles. The fourth-order valence-corrected chi connectivity index (χ4v) is 3.77. The first kappa shape index (κ1) is 12.9. The average molecular weight is 264 g/mol. The van der Waals surface area contributed by atoms with Gasteiger partial charge in [-0.25, -0.2) is 0 Å². The topological polar surface area (TPSA) is 49.4 Å². The maximum atomic E-state index is 12.7. The van der Waals surface area contributed by atoms with E-state index in [0.717, 1.165) is 12.8 Å². The lowest BCUT2D eigenvalue weighted by atomic mass is 10.0. The van der Waals surface area contributed by atoms with Crippen LogP contribution >= 0.6 is 0 Å². The van der Waals surface area contributed by atoms with E-state index in [1.54, 1.807) is 0 Å². The van der Waals surface area contributed by atoms with Gasteiger partial charge in [-0.3, -0.25) is 9.59 Å². The Morgan fingerprint density at radius 2 is 1.63 bits per heavy atom. The van der Waals surface area contributed by atoms with E-state index in [1.165, 1.54) is 0 Å². The molecule has 3 fully saturated rings. The fraction of sp³-hybridized carbons (Fsp3) is 0.867. The number of hydrogen-bond donors (Lipinski definition) is 1. The van der Waals surface area contributed by atoms with Crippen molar-refractivity contribution in [1.29, 1.82) is 0 Å². The van der Waals surface area contributed by atoms with Crippen LogP contribution in [0.2, 0.25) is 0 Å². The van der Waals surface area contributed by atoms with Crippen molar-refractivity contribution in [2.24, 2.45) is 16.7 Å². The number of nitrogens with one attached hydrogen (secondary N) is 1. The summed E-state index contributed by atoms with van der Waals surface area (Å²) in [6.45, 7) is 10.6. The van der Waals surface area contributed by atoms with Crippen molar-refractivity contribution in [2.45, 2.75) is 65.6 Å². The highest BCUT2D eigenvalue weighted by atomic mass is 16.2. The fourth-order valence-electron chi connectivity index (χ4n) is 3.77. The number of carbonyl (C=O) groups excluding carboxylic acids is 2. The summed E-state index contributed by atoms with van der Waals surface area (Å²) in [4.78, 5) is 26.7. The van der Waals surface area contributed by atoms with Crippen LogP contribution in [0, 0.1) is 16.7 Å². The van der Waals surface area contributed by atoms with Crippen LogP contribution in [0.5, 0.6) is 0 Å². The smallest absolute Gasteiger partial charge is 0.246 e. The van der Waals surface area contributed by atoms with Crippen molar-refractivity contribution >= 4 is 11.8 Å². The van der Waals surface area contributed by atoms with Crippen LogP contribution in [-0.2, 0) is 9.59 Å². The molecule has 106 valence electrons. The first-order chi connectivity index (χ1) is 8.69. The molecule has 2 aliphatic carbocycles. The van der Waals surface area contributed by atoms with Crippen molar-refractivity contribution in [3.63, 3.8) is 0 Å². The van der Waals surface area contributed by atoms with Gasteiger partial charge < -0.3 is 10.2 Å². The first-order valence-electron chi connectivity index (χ1n) is 7.32. The van der Waals surface area contributed by atoms with Gasteiger partial charge in [-0.1, -0.05) is 27.7 Å². The molecule has 0 bridgehead atoms. The normalized spacial score (nSPS) is 37.2. The number of amides is 2. The Labute approximate surface area is 114 Å². The van der Waals surface area contributed by atoms with Crippen molar-refractivity contribution in [1.82, 2.24) is 10.2 Å². The van der Waals surface area contributed by atoms with Crippen LogP contribution in [0.15, 0.2) is 0 Å². The van der Waals surface area contributed by atoms with E-state index in [4.69, 9.17) is 0 Å². The molecule has 3 rings (SSSR count). The summed E-state index contributed by atoms with van der Waals surface area (Å²) in [6, 6.07) is -0.431. The summed E-state index contributed by atoms with van der Waals surface area (Å²) in [5, 5.41) is 2.92. The molecular formula is C15H24N2O2. The van der Waals surface area contributed by atoms with Crippen LogP contribution in [0.3, 0.4) is 0 Å². The van der Waals surface area contributed by atoms with Gasteiger partial charge in [0.2, 0.25) is 11.8 Å². The summed E-state index contributed by atoms with van der Waals surface area (Å²) in [5.41, 5.74) is 0.172. The maximum Gasteiger partial charge on any atom is 0.246 e. The van der Waals surface area contributed by atoms with Gasteiger partial charge in [0.15, 0.2) is 0 Å². The highest BCUT2D eigenvalue weighted by molar-refractivity contribution is 5.97. The van der Waals surface area contributed by atoms with Gasteiger partial charge in [0.05, 0.1) is 0 Å². The summed E-state index contributed by atoms with van der Waals surface area (Å²) in [7, 11) is 0. The molecule has 0 radical (unpaired) electrons. The van der Waals surface area contributed by atoms with Gasteiger partial charge in [-0.05, 0) is 36.5 Å². The summed E-state index contributed by atoms with van der Waals surface area (Å²) in [5.74, 6) is 0.518. The molecule has 19 heavy (non-hydrogen) atoms.